The molecule has 0 amide bonds. The number of hydrogen-bond donors (Lipinski definition) is 0. The molecule has 0 spiro atoms. The third kappa shape index (κ3) is 5.63. The fourth-order valence-corrected chi connectivity index (χ4v) is 8.85. The van der Waals surface area contributed by atoms with Gasteiger partial charge in [0, 0.05) is 0 Å². The number of nitrogens with zero attached hydrogens (tertiary/aromatic N) is 1. The van der Waals surface area contributed by atoms with Gasteiger partial charge in [0.05, 0.1) is 0 Å². The molecule has 0 radical (unpaired) electrons. The maximum atomic E-state index is 12.5. The normalized spacial score (nSPS) is 13.0. The standard InChI is InChI=1S/C13H12NO2S2.C4H9.CH2.Sn/c1-3-10(2)8-9-18(15,16)13-14-11-6-4-5-7-12(11)17-13;1-3-4-2;;/h1,3-8H,9H2,2H3;1,3-4H2,2H3;1H2;/b3-1?,10-8-;;;. The molecule has 0 aliphatic carbocycles. The predicted molar refractivity (Wildman–Crippen MR) is 107 cm³/mol. The molecule has 0 unspecified atom stereocenters. The second kappa shape index (κ2) is 9.06. The summed E-state index contributed by atoms with van der Waals surface area (Å²) in [5.74, 6) is -0.00616. The van der Waals surface area contributed by atoms with Gasteiger partial charge < -0.3 is 0 Å². The first kappa shape index (κ1) is 19.5. The fraction of sp³-hybridized carbons (Fsp3) is 0.333. The number of rotatable bonds is 8. The average molecular weight is 468 g/mol. The van der Waals surface area contributed by atoms with E-state index in [4.69, 9.17) is 0 Å². The predicted octanol–water partition coefficient (Wildman–Crippen LogP) is 4.42. The van der Waals surface area contributed by atoms with Crippen LogP contribution in [-0.2, 0) is 9.84 Å². The van der Waals surface area contributed by atoms with Crippen molar-refractivity contribution in [3.8, 4) is 0 Å². The van der Waals surface area contributed by atoms with Crippen molar-refractivity contribution in [1.29, 1.82) is 0 Å². The van der Waals surface area contributed by atoms with Crippen molar-refractivity contribution >= 4 is 55.2 Å². The Kier molecular flexibility index (Phi) is 7.37. The Balaban J connectivity index is 2.05. The van der Waals surface area contributed by atoms with Gasteiger partial charge in [0.15, 0.2) is 0 Å². The molecule has 24 heavy (non-hydrogen) atoms. The van der Waals surface area contributed by atoms with E-state index in [2.05, 4.69) is 20.5 Å². The minimum absolute atomic E-state index is 0.00616. The van der Waals surface area contributed by atoms with Gasteiger partial charge in [0.2, 0.25) is 0 Å². The molecule has 0 aliphatic rings. The number of hydrogen-bond acceptors (Lipinski definition) is 4. The van der Waals surface area contributed by atoms with Crippen molar-refractivity contribution in [2.75, 3.05) is 5.75 Å². The van der Waals surface area contributed by atoms with Crippen molar-refractivity contribution < 1.29 is 8.42 Å². The van der Waals surface area contributed by atoms with E-state index in [1.807, 2.05) is 37.3 Å². The van der Waals surface area contributed by atoms with Crippen molar-refractivity contribution in [2.24, 2.45) is 0 Å². The van der Waals surface area contributed by atoms with Gasteiger partial charge in [-0.05, 0) is 0 Å². The van der Waals surface area contributed by atoms with E-state index in [0.717, 1.165) is 15.8 Å². The molecular weight excluding hydrogens is 445 g/mol. The van der Waals surface area contributed by atoms with Gasteiger partial charge in [-0.15, -0.1) is 0 Å². The molecule has 0 saturated carbocycles. The topological polar surface area (TPSA) is 47.0 Å². The molecule has 0 bridgehead atoms. The number of allylic oxidation sites excluding steroid dienone is 2. The summed E-state index contributed by atoms with van der Waals surface area (Å²) in [5, 5.41) is 0. The number of benzene rings is 1. The molecule has 3 nitrogen and oxygen atoms in total. The van der Waals surface area contributed by atoms with Crippen molar-refractivity contribution in [1.82, 2.24) is 4.98 Å². The van der Waals surface area contributed by atoms with Gasteiger partial charge in [-0.25, -0.2) is 0 Å². The van der Waals surface area contributed by atoms with Gasteiger partial charge in [-0.3, -0.25) is 0 Å². The monoisotopic (exact) mass is 469 g/mol. The Morgan fingerprint density at radius 3 is 2.83 bits per heavy atom. The van der Waals surface area contributed by atoms with Crippen LogP contribution in [-0.4, -0.2) is 43.0 Å². The molecule has 0 atom stereocenters. The van der Waals surface area contributed by atoms with Crippen molar-refractivity contribution in [3.63, 3.8) is 0 Å². The minimum atomic E-state index is -3.37. The first-order chi connectivity index (χ1) is 11.4. The summed E-state index contributed by atoms with van der Waals surface area (Å²) in [6.45, 7) is 4.14. The van der Waals surface area contributed by atoms with Crippen LogP contribution < -0.4 is 0 Å². The second-order valence-corrected chi connectivity index (χ2v) is 15.1. The van der Waals surface area contributed by atoms with E-state index in [-0.39, 0.29) is 10.1 Å². The van der Waals surface area contributed by atoms with Crippen LogP contribution in [0.15, 0.2) is 50.4 Å². The van der Waals surface area contributed by atoms with Crippen molar-refractivity contribution in [2.45, 2.75) is 35.5 Å². The zero-order valence-corrected chi connectivity index (χ0v) is 18.6. The Hall–Kier alpha value is -0.791. The number of thiazole rings is 1. The number of para-hydroxylation sites is 1. The zero-order chi connectivity index (χ0) is 17.6. The molecule has 1 aromatic carbocycles. The Labute approximate surface area is 155 Å². The van der Waals surface area contributed by atoms with E-state index < -0.39 is 29.1 Å². The summed E-state index contributed by atoms with van der Waals surface area (Å²) in [4.78, 5) is 4.25. The van der Waals surface area contributed by atoms with Crippen LogP contribution in [0.5, 0.6) is 0 Å². The molecule has 0 N–H and O–H groups in total. The first-order valence-corrected chi connectivity index (χ1v) is 16.2. The quantitative estimate of drug-likeness (QED) is 0.426. The van der Waals surface area contributed by atoms with E-state index in [1.165, 1.54) is 28.6 Å². The van der Waals surface area contributed by atoms with Crippen LogP contribution in [0, 0.1) is 0 Å². The summed E-state index contributed by atoms with van der Waals surface area (Å²) >= 11 is -0.369. The fourth-order valence-electron chi connectivity index (χ4n) is 2.10. The molecule has 0 fully saturated rings. The molecule has 2 aromatic rings. The molecule has 0 aliphatic heterocycles. The van der Waals surface area contributed by atoms with Crippen LogP contribution in [0.25, 0.3) is 10.2 Å². The number of unbranched alkanes of at least 4 members (excludes halogenated alkanes) is 1. The van der Waals surface area contributed by atoms with E-state index >= 15 is 0 Å². The summed E-state index contributed by atoms with van der Waals surface area (Å²) in [6.07, 6.45) is 6.28. The number of fused-ring (bicyclic) bond motifs is 1. The first-order valence-electron chi connectivity index (χ1n) is 8.03. The van der Waals surface area contributed by atoms with Gasteiger partial charge >= 0.3 is 156 Å². The van der Waals surface area contributed by atoms with Crippen LogP contribution in [0.4, 0.5) is 0 Å². The van der Waals surface area contributed by atoms with E-state index in [9.17, 15) is 8.42 Å². The maximum absolute atomic E-state index is 12.5. The molecule has 2 rings (SSSR count). The second-order valence-electron chi connectivity index (χ2n) is 5.77. The molecule has 1 aromatic heterocycles. The molecule has 1 heterocycles. The zero-order valence-electron chi connectivity index (χ0n) is 14.2. The molecule has 6 heteroatoms. The van der Waals surface area contributed by atoms with Crippen LogP contribution in [0.2, 0.25) is 4.44 Å². The number of sulfone groups is 1. The summed E-state index contributed by atoms with van der Waals surface area (Å²) in [6, 6.07) is 7.50. The van der Waals surface area contributed by atoms with E-state index in [1.54, 1.807) is 6.08 Å². The number of aromatic nitrogens is 1. The van der Waals surface area contributed by atoms with Crippen LogP contribution in [0.3, 0.4) is 0 Å². The SMILES string of the molecule is [CH2]=[Sn](/[CH]=C/C(C)=C\CS(=O)(=O)c1nc2ccccc2s1)[CH2]CCC. The molecular formula is C18H23NO2S2Sn. The molecule has 128 valence electrons. The Morgan fingerprint density at radius 2 is 2.12 bits per heavy atom. The van der Waals surface area contributed by atoms with Crippen LogP contribution >= 0.6 is 11.3 Å². The van der Waals surface area contributed by atoms with Crippen LogP contribution in [0.1, 0.15) is 26.7 Å². The summed E-state index contributed by atoms with van der Waals surface area (Å²) in [5.41, 5.74) is 1.73. The Bertz CT molecular complexity index is 846. The van der Waals surface area contributed by atoms with Crippen molar-refractivity contribution in [3.05, 3.63) is 46.1 Å². The molecule has 0 saturated heterocycles. The Morgan fingerprint density at radius 1 is 1.38 bits per heavy atom. The summed E-state index contributed by atoms with van der Waals surface area (Å²) in [7, 11) is -3.37. The van der Waals surface area contributed by atoms with E-state index in [0.29, 0.717) is 0 Å². The third-order valence-corrected chi connectivity index (χ3v) is 11.3. The van der Waals surface area contributed by atoms with Gasteiger partial charge in [-0.2, -0.15) is 0 Å². The van der Waals surface area contributed by atoms with Gasteiger partial charge in [0.25, 0.3) is 0 Å². The van der Waals surface area contributed by atoms with Gasteiger partial charge in [0.1, 0.15) is 0 Å². The van der Waals surface area contributed by atoms with Gasteiger partial charge in [-0.1, -0.05) is 0 Å². The average Bonchev–Trinajstić information content (AvgIpc) is 3.01. The third-order valence-electron chi connectivity index (χ3n) is 3.60. The summed E-state index contributed by atoms with van der Waals surface area (Å²) < 4.78 is 33.8.